The monoisotopic (exact) mass is 257 g/mol. The van der Waals surface area contributed by atoms with Gasteiger partial charge >= 0.3 is 0 Å². The van der Waals surface area contributed by atoms with Crippen molar-refractivity contribution in [3.63, 3.8) is 0 Å². The summed E-state index contributed by atoms with van der Waals surface area (Å²) in [6, 6.07) is 8.08. The molecule has 0 atom stereocenters. The topological polar surface area (TPSA) is 61.8 Å². The first-order valence-electron chi connectivity index (χ1n) is 5.50. The Labute approximate surface area is 108 Å². The van der Waals surface area contributed by atoms with E-state index in [4.69, 9.17) is 12.2 Å². The van der Waals surface area contributed by atoms with Crippen LogP contribution in [0.3, 0.4) is 0 Å². The molecule has 5 nitrogen and oxygen atoms in total. The smallest absolute Gasteiger partial charge is 0.216 e. The lowest BCUT2D eigenvalue weighted by Gasteiger charge is -1.94. The average molecular weight is 257 g/mol. The molecule has 18 heavy (non-hydrogen) atoms. The second kappa shape index (κ2) is 4.23. The van der Waals surface area contributed by atoms with Crippen LogP contribution in [0.4, 0.5) is 0 Å². The molecule has 0 unspecified atom stereocenters. The second-order valence-corrected chi connectivity index (χ2v) is 4.31. The lowest BCUT2D eigenvalue weighted by atomic mass is 10.2. The molecule has 1 aromatic carbocycles. The SMILES string of the molecule is Cc1n[nH]c(=S)n1/N=C\c1c[nH]c2ccccc12. The summed E-state index contributed by atoms with van der Waals surface area (Å²) >= 11 is 5.09. The highest BCUT2D eigenvalue weighted by Crippen LogP contribution is 2.15. The molecule has 2 aromatic heterocycles. The fraction of sp³-hybridized carbons (Fsp3) is 0.0833. The van der Waals surface area contributed by atoms with Crippen LogP contribution in [0.2, 0.25) is 0 Å². The van der Waals surface area contributed by atoms with Gasteiger partial charge in [-0.25, -0.2) is 0 Å². The number of aryl methyl sites for hydroxylation is 1. The van der Waals surface area contributed by atoms with E-state index in [0.717, 1.165) is 22.3 Å². The third kappa shape index (κ3) is 1.76. The van der Waals surface area contributed by atoms with E-state index in [1.807, 2.05) is 31.3 Å². The van der Waals surface area contributed by atoms with E-state index in [0.29, 0.717) is 4.77 Å². The molecule has 0 bridgehead atoms. The predicted octanol–water partition coefficient (Wildman–Crippen LogP) is 2.61. The minimum absolute atomic E-state index is 0.489. The summed E-state index contributed by atoms with van der Waals surface area (Å²) in [7, 11) is 0. The van der Waals surface area contributed by atoms with Gasteiger partial charge in [0, 0.05) is 22.7 Å². The van der Waals surface area contributed by atoms with Crippen LogP contribution in [0, 0.1) is 11.7 Å². The average Bonchev–Trinajstić information content (AvgIpc) is 2.93. The Morgan fingerprint density at radius 3 is 3.00 bits per heavy atom. The lowest BCUT2D eigenvalue weighted by molar-refractivity contribution is 0.821. The van der Waals surface area contributed by atoms with Crippen molar-refractivity contribution < 1.29 is 0 Å². The summed E-state index contributed by atoms with van der Waals surface area (Å²) in [5.41, 5.74) is 2.11. The molecular formula is C12H11N5S. The van der Waals surface area contributed by atoms with Gasteiger partial charge in [0.2, 0.25) is 4.77 Å². The van der Waals surface area contributed by atoms with Gasteiger partial charge in [-0.05, 0) is 25.2 Å². The number of hydrogen-bond acceptors (Lipinski definition) is 3. The van der Waals surface area contributed by atoms with Crippen molar-refractivity contribution in [1.29, 1.82) is 0 Å². The fourth-order valence-electron chi connectivity index (χ4n) is 1.83. The molecule has 3 rings (SSSR count). The summed E-state index contributed by atoms with van der Waals surface area (Å²) < 4.78 is 2.08. The summed E-state index contributed by atoms with van der Waals surface area (Å²) in [6.07, 6.45) is 3.70. The van der Waals surface area contributed by atoms with Gasteiger partial charge < -0.3 is 4.98 Å². The van der Waals surface area contributed by atoms with Gasteiger partial charge in [0.1, 0.15) is 5.82 Å². The highest BCUT2D eigenvalue weighted by molar-refractivity contribution is 7.71. The Balaban J connectivity index is 2.05. The third-order valence-corrected chi connectivity index (χ3v) is 3.01. The molecule has 0 saturated heterocycles. The third-order valence-electron chi connectivity index (χ3n) is 2.75. The number of hydrogen-bond donors (Lipinski definition) is 2. The molecule has 0 aliphatic rings. The normalized spacial score (nSPS) is 11.6. The minimum atomic E-state index is 0.489. The molecular weight excluding hydrogens is 246 g/mol. The van der Waals surface area contributed by atoms with Crippen LogP contribution in [0.25, 0.3) is 10.9 Å². The zero-order valence-electron chi connectivity index (χ0n) is 9.71. The zero-order chi connectivity index (χ0) is 12.5. The van der Waals surface area contributed by atoms with E-state index in [9.17, 15) is 0 Å². The van der Waals surface area contributed by atoms with Gasteiger partial charge in [-0.2, -0.15) is 14.9 Å². The minimum Gasteiger partial charge on any atom is -0.361 e. The molecule has 0 radical (unpaired) electrons. The maximum absolute atomic E-state index is 5.09. The Morgan fingerprint density at radius 1 is 1.39 bits per heavy atom. The predicted molar refractivity (Wildman–Crippen MR) is 73.4 cm³/mol. The van der Waals surface area contributed by atoms with Gasteiger partial charge in [-0.15, -0.1) is 0 Å². The number of aromatic nitrogens is 4. The number of H-pyrrole nitrogens is 2. The maximum atomic E-state index is 5.09. The number of fused-ring (bicyclic) bond motifs is 1. The summed E-state index contributed by atoms with van der Waals surface area (Å²) in [5, 5.41) is 12.2. The van der Waals surface area contributed by atoms with E-state index >= 15 is 0 Å². The van der Waals surface area contributed by atoms with Crippen molar-refractivity contribution in [2.75, 3.05) is 0 Å². The van der Waals surface area contributed by atoms with Gasteiger partial charge in [-0.3, -0.25) is 5.10 Å². The summed E-state index contributed by atoms with van der Waals surface area (Å²) in [4.78, 5) is 3.20. The molecule has 3 aromatic rings. The maximum Gasteiger partial charge on any atom is 0.216 e. The molecule has 0 saturated carbocycles. The van der Waals surface area contributed by atoms with Crippen LogP contribution < -0.4 is 0 Å². The van der Waals surface area contributed by atoms with E-state index in [1.165, 1.54) is 0 Å². The number of benzene rings is 1. The van der Waals surface area contributed by atoms with Gasteiger partial charge in [0.15, 0.2) is 0 Å². The van der Waals surface area contributed by atoms with Crippen LogP contribution in [0.15, 0.2) is 35.6 Å². The summed E-state index contributed by atoms with van der Waals surface area (Å²) in [6.45, 7) is 1.85. The molecule has 2 N–H and O–H groups in total. The molecule has 0 aliphatic heterocycles. The van der Waals surface area contributed by atoms with E-state index < -0.39 is 0 Å². The fourth-order valence-corrected chi connectivity index (χ4v) is 2.05. The Morgan fingerprint density at radius 2 is 2.22 bits per heavy atom. The number of para-hydroxylation sites is 1. The quantitative estimate of drug-likeness (QED) is 0.547. The molecule has 2 heterocycles. The molecule has 0 fully saturated rings. The van der Waals surface area contributed by atoms with Crippen molar-refractivity contribution in [2.24, 2.45) is 5.10 Å². The highest BCUT2D eigenvalue weighted by Gasteiger charge is 2.01. The molecule has 0 amide bonds. The number of rotatable bonds is 2. The number of nitrogens with zero attached hydrogens (tertiary/aromatic N) is 3. The van der Waals surface area contributed by atoms with E-state index in [2.05, 4.69) is 26.3 Å². The van der Waals surface area contributed by atoms with Crippen molar-refractivity contribution >= 4 is 29.3 Å². The standard InChI is InChI=1S/C12H11N5S/c1-8-15-16-12(18)17(8)14-7-9-6-13-11-5-3-2-4-10(9)11/h2-7,13H,1H3,(H,16,18)/b14-7-. The van der Waals surface area contributed by atoms with Crippen LogP contribution >= 0.6 is 12.2 Å². The van der Waals surface area contributed by atoms with Crippen LogP contribution in [0.1, 0.15) is 11.4 Å². The van der Waals surface area contributed by atoms with Crippen LogP contribution in [0.5, 0.6) is 0 Å². The van der Waals surface area contributed by atoms with Crippen molar-refractivity contribution in [3.8, 4) is 0 Å². The van der Waals surface area contributed by atoms with Crippen molar-refractivity contribution in [1.82, 2.24) is 19.9 Å². The first-order chi connectivity index (χ1) is 8.75. The first-order valence-corrected chi connectivity index (χ1v) is 5.91. The molecule has 0 aliphatic carbocycles. The van der Waals surface area contributed by atoms with Gasteiger partial charge in [0.25, 0.3) is 0 Å². The second-order valence-electron chi connectivity index (χ2n) is 3.92. The van der Waals surface area contributed by atoms with Crippen molar-refractivity contribution in [3.05, 3.63) is 46.6 Å². The number of nitrogens with one attached hydrogen (secondary N) is 2. The van der Waals surface area contributed by atoms with Crippen molar-refractivity contribution in [2.45, 2.75) is 6.92 Å². The van der Waals surface area contributed by atoms with Gasteiger partial charge in [-0.1, -0.05) is 18.2 Å². The molecule has 6 heteroatoms. The van der Waals surface area contributed by atoms with E-state index in [-0.39, 0.29) is 0 Å². The van der Waals surface area contributed by atoms with Crippen LogP contribution in [-0.4, -0.2) is 26.1 Å². The first kappa shape index (κ1) is 10.9. The Bertz CT molecular complexity index is 777. The molecule has 90 valence electrons. The van der Waals surface area contributed by atoms with Crippen LogP contribution in [-0.2, 0) is 0 Å². The summed E-state index contributed by atoms with van der Waals surface area (Å²) in [5.74, 6) is 0.732. The largest absolute Gasteiger partial charge is 0.361 e. The highest BCUT2D eigenvalue weighted by atomic mass is 32.1. The van der Waals surface area contributed by atoms with E-state index in [1.54, 1.807) is 10.9 Å². The Hall–Kier alpha value is -2.21. The van der Waals surface area contributed by atoms with Gasteiger partial charge in [0.05, 0.1) is 6.21 Å². The lowest BCUT2D eigenvalue weighted by Crippen LogP contribution is -1.93. The Kier molecular flexibility index (Phi) is 2.56. The zero-order valence-corrected chi connectivity index (χ0v) is 10.5. The molecule has 0 spiro atoms. The number of aromatic amines is 2.